The molecule has 0 radical (unpaired) electrons. The van der Waals surface area contributed by atoms with Crippen LogP contribution in [0.4, 0.5) is 0 Å². The van der Waals surface area contributed by atoms with Gasteiger partial charge >= 0.3 is 0 Å². The van der Waals surface area contributed by atoms with Gasteiger partial charge in [-0.05, 0) is 43.5 Å². The van der Waals surface area contributed by atoms with Crippen LogP contribution in [-0.4, -0.2) is 79.4 Å². The lowest BCUT2D eigenvalue weighted by Gasteiger charge is -2.36. The quantitative estimate of drug-likeness (QED) is 0.829. The van der Waals surface area contributed by atoms with E-state index in [9.17, 15) is 9.59 Å². The molecule has 6 heteroatoms. The van der Waals surface area contributed by atoms with Crippen LogP contribution in [0.25, 0.3) is 0 Å². The van der Waals surface area contributed by atoms with Crippen molar-refractivity contribution in [1.29, 1.82) is 0 Å². The van der Waals surface area contributed by atoms with Gasteiger partial charge in [0.05, 0.1) is 13.7 Å². The highest BCUT2D eigenvalue weighted by atomic mass is 16.5. The van der Waals surface area contributed by atoms with Crippen LogP contribution in [0.1, 0.15) is 29.6 Å². The molecule has 2 saturated heterocycles. The van der Waals surface area contributed by atoms with E-state index in [1.165, 1.54) is 6.42 Å². The van der Waals surface area contributed by atoms with E-state index in [1.807, 2.05) is 9.80 Å². The van der Waals surface area contributed by atoms with Crippen molar-refractivity contribution in [3.05, 3.63) is 29.8 Å². The van der Waals surface area contributed by atoms with Gasteiger partial charge in [-0.2, -0.15) is 0 Å². The zero-order chi connectivity index (χ0) is 17.6. The van der Waals surface area contributed by atoms with Crippen LogP contribution in [0.15, 0.2) is 24.3 Å². The first-order valence-electron chi connectivity index (χ1n) is 9.11. The topological polar surface area (TPSA) is 53.1 Å². The Hall–Kier alpha value is -2.08. The average Bonchev–Trinajstić information content (AvgIpc) is 2.69. The minimum atomic E-state index is 0.0460. The lowest BCUT2D eigenvalue weighted by molar-refractivity contribution is -0.133. The van der Waals surface area contributed by atoms with Gasteiger partial charge in [0.2, 0.25) is 5.91 Å². The van der Waals surface area contributed by atoms with Gasteiger partial charge in [0, 0.05) is 44.8 Å². The molecular formula is C19H27N3O3. The van der Waals surface area contributed by atoms with Crippen LogP contribution >= 0.6 is 0 Å². The fraction of sp³-hybridized carbons (Fsp3) is 0.579. The molecule has 25 heavy (non-hydrogen) atoms. The third kappa shape index (κ3) is 4.51. The van der Waals surface area contributed by atoms with Crippen molar-refractivity contribution in [1.82, 2.24) is 14.7 Å². The second-order valence-electron chi connectivity index (χ2n) is 6.74. The number of likely N-dealkylation sites (tertiary alicyclic amines) is 1. The van der Waals surface area contributed by atoms with Crippen molar-refractivity contribution in [2.45, 2.75) is 19.3 Å². The zero-order valence-electron chi connectivity index (χ0n) is 14.9. The van der Waals surface area contributed by atoms with E-state index in [0.29, 0.717) is 25.2 Å². The predicted octanol–water partition coefficient (Wildman–Crippen LogP) is 1.47. The molecule has 6 nitrogen and oxygen atoms in total. The van der Waals surface area contributed by atoms with Gasteiger partial charge in [-0.1, -0.05) is 0 Å². The molecule has 1 aromatic carbocycles. The Morgan fingerprint density at radius 3 is 2.12 bits per heavy atom. The lowest BCUT2D eigenvalue weighted by atomic mass is 10.1. The van der Waals surface area contributed by atoms with E-state index in [-0.39, 0.29) is 11.8 Å². The summed E-state index contributed by atoms with van der Waals surface area (Å²) >= 11 is 0. The van der Waals surface area contributed by atoms with Crippen LogP contribution in [0.2, 0.25) is 0 Å². The summed E-state index contributed by atoms with van der Waals surface area (Å²) in [4.78, 5) is 30.9. The normalized spacial score (nSPS) is 18.9. The molecule has 3 rings (SSSR count). The van der Waals surface area contributed by atoms with Crippen molar-refractivity contribution >= 4 is 11.8 Å². The van der Waals surface area contributed by atoms with Crippen molar-refractivity contribution in [3.63, 3.8) is 0 Å². The highest BCUT2D eigenvalue weighted by Gasteiger charge is 2.25. The maximum atomic E-state index is 12.6. The summed E-state index contributed by atoms with van der Waals surface area (Å²) in [6.45, 7) is 5.10. The van der Waals surface area contributed by atoms with Crippen molar-refractivity contribution in [2.75, 3.05) is 52.9 Å². The Kier molecular flexibility index (Phi) is 5.91. The average molecular weight is 345 g/mol. The first-order valence-corrected chi connectivity index (χ1v) is 9.11. The summed E-state index contributed by atoms with van der Waals surface area (Å²) in [7, 11) is 1.61. The summed E-state index contributed by atoms with van der Waals surface area (Å²) in [5, 5.41) is 0. The Morgan fingerprint density at radius 1 is 0.880 bits per heavy atom. The third-order valence-electron chi connectivity index (χ3n) is 5.06. The number of carbonyl (C=O) groups is 2. The number of benzene rings is 1. The van der Waals surface area contributed by atoms with E-state index in [2.05, 4.69) is 4.90 Å². The molecule has 0 aromatic heterocycles. The number of piperidine rings is 1. The number of rotatable bonds is 4. The monoisotopic (exact) mass is 345 g/mol. The molecule has 0 atom stereocenters. The fourth-order valence-corrected chi connectivity index (χ4v) is 3.46. The molecule has 0 saturated carbocycles. The van der Waals surface area contributed by atoms with Gasteiger partial charge < -0.3 is 14.5 Å². The van der Waals surface area contributed by atoms with Crippen LogP contribution in [0.5, 0.6) is 5.75 Å². The van der Waals surface area contributed by atoms with E-state index < -0.39 is 0 Å². The number of amides is 2. The number of methoxy groups -OCH3 is 1. The van der Waals surface area contributed by atoms with E-state index >= 15 is 0 Å². The molecule has 0 spiro atoms. The predicted molar refractivity (Wildman–Crippen MR) is 95.8 cm³/mol. The molecule has 0 bridgehead atoms. The number of nitrogens with zero attached hydrogens (tertiary/aromatic N) is 3. The third-order valence-corrected chi connectivity index (χ3v) is 5.06. The molecule has 1 aromatic rings. The van der Waals surface area contributed by atoms with Crippen molar-refractivity contribution < 1.29 is 14.3 Å². The molecule has 2 aliphatic rings. The summed E-state index contributed by atoms with van der Waals surface area (Å²) in [6.07, 6.45) is 3.47. The maximum absolute atomic E-state index is 12.6. The van der Waals surface area contributed by atoms with Crippen molar-refractivity contribution in [3.8, 4) is 5.75 Å². The summed E-state index contributed by atoms with van der Waals surface area (Å²) in [5.74, 6) is 1.02. The Labute approximate surface area is 149 Å². The fourth-order valence-electron chi connectivity index (χ4n) is 3.46. The Balaban J connectivity index is 1.47. The molecular weight excluding hydrogens is 318 g/mol. The van der Waals surface area contributed by atoms with Crippen LogP contribution < -0.4 is 4.74 Å². The smallest absolute Gasteiger partial charge is 0.253 e. The number of ether oxygens (including phenoxy) is 1. The first-order chi connectivity index (χ1) is 12.2. The van der Waals surface area contributed by atoms with Crippen molar-refractivity contribution in [2.24, 2.45) is 0 Å². The maximum Gasteiger partial charge on any atom is 0.253 e. The summed E-state index contributed by atoms with van der Waals surface area (Å²) < 4.78 is 5.13. The van der Waals surface area contributed by atoms with E-state index in [4.69, 9.17) is 4.74 Å². The molecule has 2 heterocycles. The number of hydrogen-bond acceptors (Lipinski definition) is 4. The van der Waals surface area contributed by atoms with Gasteiger partial charge in [-0.15, -0.1) is 0 Å². The largest absolute Gasteiger partial charge is 0.497 e. The Bertz CT molecular complexity index is 588. The van der Waals surface area contributed by atoms with Crippen LogP contribution in [0, 0.1) is 0 Å². The summed E-state index contributed by atoms with van der Waals surface area (Å²) in [5.41, 5.74) is 0.679. The van der Waals surface area contributed by atoms with Gasteiger partial charge in [0.1, 0.15) is 5.75 Å². The highest BCUT2D eigenvalue weighted by Crippen LogP contribution is 2.15. The molecule has 0 aliphatic carbocycles. The minimum absolute atomic E-state index is 0.0460. The molecule has 2 amide bonds. The standard InChI is InChI=1S/C19H27N3O3/c1-25-17-7-5-16(6-8-17)19(24)22-13-11-20(12-14-22)15-18(23)21-9-3-2-4-10-21/h5-8H,2-4,9-15H2,1H3. The molecule has 2 fully saturated rings. The summed E-state index contributed by atoms with van der Waals surface area (Å²) in [6, 6.07) is 7.21. The second kappa shape index (κ2) is 8.34. The first kappa shape index (κ1) is 17.7. The molecule has 0 N–H and O–H groups in total. The van der Waals surface area contributed by atoms with Crippen LogP contribution in [0.3, 0.4) is 0 Å². The van der Waals surface area contributed by atoms with E-state index in [0.717, 1.165) is 44.8 Å². The minimum Gasteiger partial charge on any atom is -0.497 e. The number of carbonyl (C=O) groups excluding carboxylic acids is 2. The highest BCUT2D eigenvalue weighted by molar-refractivity contribution is 5.94. The van der Waals surface area contributed by atoms with Gasteiger partial charge in [-0.3, -0.25) is 14.5 Å². The molecule has 136 valence electrons. The van der Waals surface area contributed by atoms with Gasteiger partial charge in [0.25, 0.3) is 5.91 Å². The SMILES string of the molecule is COc1ccc(C(=O)N2CCN(CC(=O)N3CCCCC3)CC2)cc1. The van der Waals surface area contributed by atoms with Gasteiger partial charge in [0.15, 0.2) is 0 Å². The number of piperazine rings is 1. The van der Waals surface area contributed by atoms with Crippen LogP contribution in [-0.2, 0) is 4.79 Å². The van der Waals surface area contributed by atoms with Gasteiger partial charge in [-0.25, -0.2) is 0 Å². The zero-order valence-corrected chi connectivity index (χ0v) is 14.9. The molecule has 0 unspecified atom stereocenters. The lowest BCUT2D eigenvalue weighted by Crippen LogP contribution is -2.52. The van der Waals surface area contributed by atoms with E-state index in [1.54, 1.807) is 31.4 Å². The number of hydrogen-bond donors (Lipinski definition) is 0. The second-order valence-corrected chi connectivity index (χ2v) is 6.74. The Morgan fingerprint density at radius 2 is 1.52 bits per heavy atom. The molecule has 2 aliphatic heterocycles.